The van der Waals surface area contributed by atoms with Crippen molar-refractivity contribution in [2.45, 2.75) is 18.9 Å². The van der Waals surface area contributed by atoms with E-state index in [2.05, 4.69) is 18.0 Å². The zero-order valence-corrected chi connectivity index (χ0v) is 15.4. The van der Waals surface area contributed by atoms with Crippen LogP contribution in [0.5, 0.6) is 17.2 Å². The van der Waals surface area contributed by atoms with E-state index in [4.69, 9.17) is 14.6 Å². The molecule has 0 bridgehead atoms. The fourth-order valence-corrected chi connectivity index (χ4v) is 4.19. The molecule has 0 saturated heterocycles. The van der Waals surface area contributed by atoms with E-state index >= 15 is 0 Å². The third kappa shape index (κ3) is 3.25. The molecule has 1 aliphatic carbocycles. The smallest absolute Gasteiger partial charge is 0.165 e. The highest BCUT2D eigenvalue weighted by Crippen LogP contribution is 2.51. The molecule has 27 heavy (non-hydrogen) atoms. The highest BCUT2D eigenvalue weighted by molar-refractivity contribution is 5.83. The van der Waals surface area contributed by atoms with Crippen LogP contribution in [0.15, 0.2) is 24.3 Å². The van der Waals surface area contributed by atoms with Crippen molar-refractivity contribution >= 4 is 0 Å². The van der Waals surface area contributed by atoms with E-state index in [0.29, 0.717) is 25.4 Å². The molecule has 2 aromatic carbocycles. The Morgan fingerprint density at radius 3 is 2.78 bits per heavy atom. The van der Waals surface area contributed by atoms with Crippen LogP contribution in [0.25, 0.3) is 11.1 Å². The first-order valence-corrected chi connectivity index (χ1v) is 9.32. The molecule has 1 heterocycles. The van der Waals surface area contributed by atoms with Gasteiger partial charge in [-0.2, -0.15) is 0 Å². The zero-order chi connectivity index (χ0) is 19.0. The number of hydrogen-bond donors (Lipinski definition) is 3. The number of nitrogens with zero attached hydrogens (tertiary/aromatic N) is 1. The topological polar surface area (TPSA) is 82.4 Å². The van der Waals surface area contributed by atoms with Gasteiger partial charge >= 0.3 is 0 Å². The first-order chi connectivity index (χ1) is 13.1. The number of ether oxygens (including phenoxy) is 2. The Morgan fingerprint density at radius 2 is 1.96 bits per heavy atom. The van der Waals surface area contributed by atoms with Crippen molar-refractivity contribution in [3.8, 4) is 28.4 Å². The summed E-state index contributed by atoms with van der Waals surface area (Å²) in [5.41, 5.74) is 5.13. The predicted octanol–water partition coefficient (Wildman–Crippen LogP) is 2.24. The van der Waals surface area contributed by atoms with Crippen LogP contribution < -0.4 is 4.74 Å². The second-order valence-corrected chi connectivity index (χ2v) is 7.15. The van der Waals surface area contributed by atoms with E-state index in [1.165, 1.54) is 11.1 Å². The minimum absolute atomic E-state index is 0.00253. The zero-order valence-electron chi connectivity index (χ0n) is 15.4. The van der Waals surface area contributed by atoms with Gasteiger partial charge in [-0.05, 0) is 60.3 Å². The summed E-state index contributed by atoms with van der Waals surface area (Å²) < 4.78 is 11.1. The summed E-state index contributed by atoms with van der Waals surface area (Å²) in [5.74, 6) is 0.564. The van der Waals surface area contributed by atoms with Crippen LogP contribution in [-0.2, 0) is 17.6 Å². The predicted molar refractivity (Wildman–Crippen MR) is 101 cm³/mol. The number of rotatable bonds is 6. The molecule has 6 nitrogen and oxygen atoms in total. The molecule has 2 aliphatic rings. The first kappa shape index (κ1) is 18.1. The maximum absolute atomic E-state index is 10.5. The third-order valence-electron chi connectivity index (χ3n) is 5.50. The minimum Gasteiger partial charge on any atom is -0.504 e. The number of fused-ring (bicyclic) bond motifs is 2. The maximum atomic E-state index is 10.5. The van der Waals surface area contributed by atoms with Crippen molar-refractivity contribution in [1.82, 2.24) is 4.90 Å². The SMILES string of the molecule is CN1CCc2cc(OCCOCCO)cc3c2[C@H]1Cc1ccc(O)c(O)c1-3. The van der Waals surface area contributed by atoms with Crippen molar-refractivity contribution in [3.05, 3.63) is 41.0 Å². The van der Waals surface area contributed by atoms with E-state index in [9.17, 15) is 10.2 Å². The molecule has 4 rings (SSSR count). The number of aliphatic hydroxyl groups excluding tert-OH is 1. The second-order valence-electron chi connectivity index (χ2n) is 7.15. The van der Waals surface area contributed by atoms with Gasteiger partial charge < -0.3 is 24.8 Å². The first-order valence-electron chi connectivity index (χ1n) is 9.32. The van der Waals surface area contributed by atoms with Crippen molar-refractivity contribution < 1.29 is 24.8 Å². The lowest BCUT2D eigenvalue weighted by molar-refractivity contribution is 0.0705. The summed E-state index contributed by atoms with van der Waals surface area (Å²) in [4.78, 5) is 2.35. The van der Waals surface area contributed by atoms with Crippen LogP contribution in [0.2, 0.25) is 0 Å². The Hall–Kier alpha value is -2.28. The third-order valence-corrected chi connectivity index (χ3v) is 5.50. The van der Waals surface area contributed by atoms with Crippen LogP contribution >= 0.6 is 0 Å². The van der Waals surface area contributed by atoms with Gasteiger partial charge in [0.05, 0.1) is 19.8 Å². The monoisotopic (exact) mass is 371 g/mol. The Kier molecular flexibility index (Phi) is 4.95. The normalized spacial score (nSPS) is 18.1. The van der Waals surface area contributed by atoms with Gasteiger partial charge in [-0.3, -0.25) is 4.90 Å². The van der Waals surface area contributed by atoms with Gasteiger partial charge in [-0.25, -0.2) is 0 Å². The molecule has 0 spiro atoms. The van der Waals surface area contributed by atoms with Crippen molar-refractivity contribution in [1.29, 1.82) is 0 Å². The van der Waals surface area contributed by atoms with Gasteiger partial charge in [-0.15, -0.1) is 0 Å². The molecule has 0 saturated carbocycles. The number of aromatic hydroxyl groups is 2. The lowest BCUT2D eigenvalue weighted by atomic mass is 9.76. The van der Waals surface area contributed by atoms with Crippen LogP contribution in [0.3, 0.4) is 0 Å². The Labute approximate surface area is 158 Å². The molecule has 6 heteroatoms. The molecule has 3 N–H and O–H groups in total. The van der Waals surface area contributed by atoms with E-state index in [1.54, 1.807) is 6.07 Å². The molecule has 0 unspecified atom stereocenters. The second kappa shape index (κ2) is 7.38. The summed E-state index contributed by atoms with van der Waals surface area (Å²) >= 11 is 0. The van der Waals surface area contributed by atoms with Crippen LogP contribution in [0.4, 0.5) is 0 Å². The number of phenolic OH excluding ortho intramolecular Hbond substituents is 2. The van der Waals surface area contributed by atoms with E-state index in [0.717, 1.165) is 36.3 Å². The van der Waals surface area contributed by atoms with Crippen LogP contribution in [0, 0.1) is 0 Å². The molecule has 0 aromatic heterocycles. The fourth-order valence-electron chi connectivity index (χ4n) is 4.19. The Bertz CT molecular complexity index is 851. The molecule has 2 aromatic rings. The minimum atomic E-state index is -0.103. The molecule has 1 aliphatic heterocycles. The van der Waals surface area contributed by atoms with Crippen LogP contribution in [-0.4, -0.2) is 60.2 Å². The lowest BCUT2D eigenvalue weighted by Gasteiger charge is -2.40. The number of phenols is 2. The van der Waals surface area contributed by atoms with E-state index < -0.39 is 0 Å². The van der Waals surface area contributed by atoms with Gasteiger partial charge in [0, 0.05) is 18.2 Å². The maximum Gasteiger partial charge on any atom is 0.165 e. The summed E-state index contributed by atoms with van der Waals surface area (Å²) in [6.07, 6.45) is 1.73. The van der Waals surface area contributed by atoms with Crippen molar-refractivity contribution in [2.24, 2.45) is 0 Å². The molecule has 144 valence electrons. The molecule has 0 amide bonds. The van der Waals surface area contributed by atoms with E-state index in [-0.39, 0.29) is 24.1 Å². The van der Waals surface area contributed by atoms with Gasteiger partial charge in [0.25, 0.3) is 0 Å². The number of aliphatic hydroxyl groups is 1. The van der Waals surface area contributed by atoms with Crippen LogP contribution in [0.1, 0.15) is 22.7 Å². The van der Waals surface area contributed by atoms with Gasteiger partial charge in [0.1, 0.15) is 12.4 Å². The summed E-state index contributed by atoms with van der Waals surface area (Å²) in [5, 5.41) is 29.3. The highest BCUT2D eigenvalue weighted by atomic mass is 16.5. The highest BCUT2D eigenvalue weighted by Gasteiger charge is 2.35. The average Bonchev–Trinajstić information content (AvgIpc) is 2.67. The number of benzene rings is 2. The van der Waals surface area contributed by atoms with Crippen molar-refractivity contribution in [2.75, 3.05) is 40.0 Å². The molecule has 1 atom stereocenters. The number of likely N-dealkylation sites (N-methyl/N-ethyl adjacent to an activating group) is 1. The van der Waals surface area contributed by atoms with Gasteiger partial charge in [0.2, 0.25) is 0 Å². The standard InChI is InChI=1S/C21H25NO5/c1-22-5-4-14-10-15(27-9-8-26-7-6-23)12-16-19(14)17(22)11-13-2-3-18(24)21(25)20(13)16/h2-3,10,12,17,23-25H,4-9,11H2,1H3/t17-/m1/s1. The van der Waals surface area contributed by atoms with Gasteiger partial charge in [-0.1, -0.05) is 6.07 Å². The molecule has 0 radical (unpaired) electrons. The summed E-state index contributed by atoms with van der Waals surface area (Å²) in [7, 11) is 2.13. The Morgan fingerprint density at radius 1 is 1.11 bits per heavy atom. The molecular formula is C21H25NO5. The van der Waals surface area contributed by atoms with Gasteiger partial charge in [0.15, 0.2) is 11.5 Å². The van der Waals surface area contributed by atoms with Crippen molar-refractivity contribution in [3.63, 3.8) is 0 Å². The molecular weight excluding hydrogens is 346 g/mol. The average molecular weight is 371 g/mol. The Balaban J connectivity index is 1.73. The number of hydrogen-bond acceptors (Lipinski definition) is 6. The van der Waals surface area contributed by atoms with E-state index in [1.807, 2.05) is 12.1 Å². The summed E-state index contributed by atoms with van der Waals surface area (Å²) in [6.45, 7) is 2.06. The quantitative estimate of drug-likeness (QED) is 0.534. The summed E-state index contributed by atoms with van der Waals surface area (Å²) in [6, 6.07) is 7.75. The molecule has 0 fully saturated rings. The fraction of sp³-hybridized carbons (Fsp3) is 0.429. The largest absolute Gasteiger partial charge is 0.504 e. The lowest BCUT2D eigenvalue weighted by Crippen LogP contribution is -2.35.